The van der Waals surface area contributed by atoms with Crippen LogP contribution in [0, 0.1) is 0 Å². The van der Waals surface area contributed by atoms with E-state index in [1.165, 1.54) is 12.1 Å². The number of methoxy groups -OCH3 is 1. The molecule has 0 unspecified atom stereocenters. The Hall–Kier alpha value is -2.65. The van der Waals surface area contributed by atoms with Crippen molar-refractivity contribution in [3.05, 3.63) is 52.7 Å². The van der Waals surface area contributed by atoms with Crippen molar-refractivity contribution in [2.45, 2.75) is 26.6 Å². The summed E-state index contributed by atoms with van der Waals surface area (Å²) in [5.41, 5.74) is 1.29. The van der Waals surface area contributed by atoms with Crippen molar-refractivity contribution in [2.75, 3.05) is 26.9 Å². The number of benzene rings is 1. The molecule has 0 radical (unpaired) electrons. The molecule has 0 atom stereocenters. The van der Waals surface area contributed by atoms with Crippen LogP contribution in [0.3, 0.4) is 0 Å². The van der Waals surface area contributed by atoms with Gasteiger partial charge in [-0.1, -0.05) is 17.7 Å². The average Bonchev–Trinajstić information content (AvgIpc) is 2.72. The van der Waals surface area contributed by atoms with Gasteiger partial charge in [-0.25, -0.2) is 9.98 Å². The van der Waals surface area contributed by atoms with E-state index in [4.69, 9.17) is 21.1 Å². The lowest BCUT2D eigenvalue weighted by Crippen LogP contribution is -2.37. The molecule has 7 nitrogen and oxygen atoms in total. The molecule has 0 saturated carbocycles. The Morgan fingerprint density at radius 3 is 2.77 bits per heavy atom. The van der Waals surface area contributed by atoms with Crippen LogP contribution in [-0.2, 0) is 17.8 Å². The van der Waals surface area contributed by atoms with E-state index < -0.39 is 6.61 Å². The number of halogens is 3. The van der Waals surface area contributed by atoms with Gasteiger partial charge in [0, 0.05) is 42.5 Å². The number of alkyl halides is 2. The van der Waals surface area contributed by atoms with Gasteiger partial charge in [0.15, 0.2) is 5.96 Å². The van der Waals surface area contributed by atoms with E-state index >= 15 is 0 Å². The number of rotatable bonds is 11. The second kappa shape index (κ2) is 12.8. The summed E-state index contributed by atoms with van der Waals surface area (Å²) in [5.74, 6) is 1.03. The van der Waals surface area contributed by atoms with E-state index in [2.05, 4.69) is 25.3 Å². The Balaban J connectivity index is 2.08. The summed E-state index contributed by atoms with van der Waals surface area (Å²) < 4.78 is 40.4. The van der Waals surface area contributed by atoms with Crippen molar-refractivity contribution >= 4 is 17.6 Å². The third-order valence-electron chi connectivity index (χ3n) is 3.81. The highest BCUT2D eigenvalue weighted by molar-refractivity contribution is 6.30. The number of hydrogen-bond donors (Lipinski definition) is 2. The topological polar surface area (TPSA) is 77.0 Å². The zero-order chi connectivity index (χ0) is 21.8. The van der Waals surface area contributed by atoms with Gasteiger partial charge in [0.2, 0.25) is 5.88 Å². The first-order valence-corrected chi connectivity index (χ1v) is 9.72. The molecule has 2 aromatic rings. The lowest BCUT2D eigenvalue weighted by Gasteiger charge is -2.14. The normalized spacial score (nSPS) is 11.5. The molecule has 0 saturated heterocycles. The molecule has 1 heterocycles. The van der Waals surface area contributed by atoms with Crippen LogP contribution >= 0.6 is 11.6 Å². The van der Waals surface area contributed by atoms with Crippen LogP contribution in [0.1, 0.15) is 18.1 Å². The maximum atomic E-state index is 12.6. The van der Waals surface area contributed by atoms with Crippen molar-refractivity contribution in [1.29, 1.82) is 0 Å². The Morgan fingerprint density at radius 2 is 2.03 bits per heavy atom. The summed E-state index contributed by atoms with van der Waals surface area (Å²) >= 11 is 5.99. The number of guanidine groups is 1. The summed E-state index contributed by atoms with van der Waals surface area (Å²) in [6.45, 7) is 0.951. The number of nitrogens with one attached hydrogen (secondary N) is 2. The number of nitrogens with zero attached hydrogens (tertiary/aromatic N) is 2. The summed E-state index contributed by atoms with van der Waals surface area (Å²) in [6.07, 6.45) is 1.65. The Morgan fingerprint density at radius 1 is 1.20 bits per heavy atom. The molecule has 1 aromatic carbocycles. The third-order valence-corrected chi connectivity index (χ3v) is 4.05. The van der Waals surface area contributed by atoms with Crippen molar-refractivity contribution in [3.63, 3.8) is 0 Å². The summed E-state index contributed by atoms with van der Waals surface area (Å²) in [4.78, 5) is 8.68. The molecule has 0 aliphatic rings. The standard InChI is InChI=1S/C20H25ClF2N4O3/c1-3-24-20(26-12-14-5-4-8-25-18(14)29-10-9-28-2)27-13-15-11-16(21)6-7-17(15)30-19(22)23/h4-8,11,19H,3,9-10,12-13H2,1-2H3,(H2,24,26,27). The lowest BCUT2D eigenvalue weighted by atomic mass is 10.2. The first kappa shape index (κ1) is 23.6. The van der Waals surface area contributed by atoms with Crippen molar-refractivity contribution < 1.29 is 23.0 Å². The SMILES string of the molecule is CCNC(=NCc1cc(Cl)ccc1OC(F)F)NCc1cccnc1OCCOC. The predicted octanol–water partition coefficient (Wildman–Crippen LogP) is 3.62. The minimum absolute atomic E-state index is 0.0371. The highest BCUT2D eigenvalue weighted by Crippen LogP contribution is 2.25. The molecular weight excluding hydrogens is 418 g/mol. The highest BCUT2D eigenvalue weighted by atomic mass is 35.5. The highest BCUT2D eigenvalue weighted by Gasteiger charge is 2.11. The van der Waals surface area contributed by atoms with Gasteiger partial charge in [-0.2, -0.15) is 8.78 Å². The molecule has 0 aliphatic heterocycles. The second-order valence-corrected chi connectivity index (χ2v) is 6.42. The van der Waals surface area contributed by atoms with E-state index in [0.29, 0.717) is 48.7 Å². The van der Waals surface area contributed by atoms with E-state index in [0.717, 1.165) is 5.56 Å². The molecule has 10 heteroatoms. The smallest absolute Gasteiger partial charge is 0.387 e. The maximum Gasteiger partial charge on any atom is 0.387 e. The predicted molar refractivity (Wildman–Crippen MR) is 111 cm³/mol. The zero-order valence-electron chi connectivity index (χ0n) is 16.8. The number of aromatic nitrogens is 1. The van der Waals surface area contributed by atoms with Crippen LogP contribution in [0.25, 0.3) is 0 Å². The van der Waals surface area contributed by atoms with Gasteiger partial charge in [0.1, 0.15) is 12.4 Å². The van der Waals surface area contributed by atoms with Crippen molar-refractivity contribution in [1.82, 2.24) is 15.6 Å². The van der Waals surface area contributed by atoms with Crippen molar-refractivity contribution in [3.8, 4) is 11.6 Å². The van der Waals surface area contributed by atoms with E-state index in [1.54, 1.807) is 19.4 Å². The Bertz CT molecular complexity index is 824. The van der Waals surface area contributed by atoms with Crippen LogP contribution < -0.4 is 20.1 Å². The molecule has 0 spiro atoms. The van der Waals surface area contributed by atoms with Crippen LogP contribution in [0.4, 0.5) is 8.78 Å². The van der Waals surface area contributed by atoms with Crippen LogP contribution in [0.15, 0.2) is 41.5 Å². The van der Waals surface area contributed by atoms with Gasteiger partial charge in [0.05, 0.1) is 13.2 Å². The van der Waals surface area contributed by atoms with Crippen LogP contribution in [0.5, 0.6) is 11.6 Å². The first-order valence-electron chi connectivity index (χ1n) is 9.34. The number of hydrogen-bond acceptors (Lipinski definition) is 5. The number of ether oxygens (including phenoxy) is 3. The van der Waals surface area contributed by atoms with E-state index in [-0.39, 0.29) is 12.3 Å². The third kappa shape index (κ3) is 8.00. The first-order chi connectivity index (χ1) is 14.5. The zero-order valence-corrected chi connectivity index (χ0v) is 17.6. The fraction of sp³-hybridized carbons (Fsp3) is 0.400. The Labute approximate surface area is 179 Å². The van der Waals surface area contributed by atoms with Crippen LogP contribution in [-0.4, -0.2) is 44.4 Å². The molecule has 2 N–H and O–H groups in total. The Kier molecular flexibility index (Phi) is 10.1. The molecule has 2 rings (SSSR count). The molecule has 1 aromatic heterocycles. The minimum atomic E-state index is -2.93. The molecular formula is C20H25ClF2N4O3. The molecule has 0 amide bonds. The number of pyridine rings is 1. The molecule has 164 valence electrons. The fourth-order valence-corrected chi connectivity index (χ4v) is 2.67. The summed E-state index contributed by atoms with van der Waals surface area (Å²) in [7, 11) is 1.60. The van der Waals surface area contributed by atoms with Gasteiger partial charge in [0.25, 0.3) is 0 Å². The summed E-state index contributed by atoms with van der Waals surface area (Å²) in [5, 5.41) is 6.69. The second-order valence-electron chi connectivity index (χ2n) is 5.99. The van der Waals surface area contributed by atoms with Gasteiger partial charge < -0.3 is 24.8 Å². The molecule has 0 aliphatic carbocycles. The van der Waals surface area contributed by atoms with Crippen molar-refractivity contribution in [2.24, 2.45) is 4.99 Å². The maximum absolute atomic E-state index is 12.6. The van der Waals surface area contributed by atoms with E-state index in [9.17, 15) is 8.78 Å². The number of aliphatic imine (C=N–C) groups is 1. The van der Waals surface area contributed by atoms with E-state index in [1.807, 2.05) is 19.1 Å². The van der Waals surface area contributed by atoms with Gasteiger partial charge in [-0.3, -0.25) is 0 Å². The quantitative estimate of drug-likeness (QED) is 0.314. The molecule has 0 fully saturated rings. The molecule has 30 heavy (non-hydrogen) atoms. The fourth-order valence-electron chi connectivity index (χ4n) is 2.48. The van der Waals surface area contributed by atoms with Gasteiger partial charge in [-0.15, -0.1) is 0 Å². The van der Waals surface area contributed by atoms with Gasteiger partial charge >= 0.3 is 6.61 Å². The lowest BCUT2D eigenvalue weighted by molar-refractivity contribution is -0.0504. The molecule has 0 bridgehead atoms. The summed E-state index contributed by atoms with van der Waals surface area (Å²) in [6, 6.07) is 8.14. The van der Waals surface area contributed by atoms with Gasteiger partial charge in [-0.05, 0) is 31.2 Å². The van der Waals surface area contributed by atoms with Crippen LogP contribution in [0.2, 0.25) is 5.02 Å². The largest absolute Gasteiger partial charge is 0.475 e. The average molecular weight is 443 g/mol. The monoisotopic (exact) mass is 442 g/mol. The minimum Gasteiger partial charge on any atom is -0.475 e.